The highest BCUT2D eigenvalue weighted by Gasteiger charge is 2.16. The van der Waals surface area contributed by atoms with Crippen molar-refractivity contribution < 1.29 is 4.79 Å². The first kappa shape index (κ1) is 13.1. The first-order valence-electron chi connectivity index (χ1n) is 6.74. The molecule has 3 heteroatoms. The Morgan fingerprint density at radius 1 is 1.39 bits per heavy atom. The molecule has 0 spiro atoms. The number of hydrogen-bond acceptors (Lipinski definition) is 2. The Bertz CT molecular complexity index is 391. The molecule has 1 aliphatic rings. The van der Waals surface area contributed by atoms with Gasteiger partial charge in [-0.1, -0.05) is 38.1 Å². The molecule has 1 aromatic carbocycles. The molecule has 18 heavy (non-hydrogen) atoms. The number of carbonyl (C=O) groups excluding carboxylic acids is 1. The van der Waals surface area contributed by atoms with Gasteiger partial charge in [0.2, 0.25) is 5.91 Å². The van der Waals surface area contributed by atoms with E-state index in [1.807, 2.05) is 0 Å². The fourth-order valence-corrected chi connectivity index (χ4v) is 2.26. The maximum atomic E-state index is 11.8. The van der Waals surface area contributed by atoms with Gasteiger partial charge in [-0.3, -0.25) is 4.79 Å². The van der Waals surface area contributed by atoms with Gasteiger partial charge in [-0.05, 0) is 30.0 Å². The van der Waals surface area contributed by atoms with Crippen LogP contribution in [0.3, 0.4) is 0 Å². The van der Waals surface area contributed by atoms with Gasteiger partial charge in [0.15, 0.2) is 0 Å². The summed E-state index contributed by atoms with van der Waals surface area (Å²) in [6.45, 7) is 6.26. The molecule has 2 rings (SSSR count). The summed E-state index contributed by atoms with van der Waals surface area (Å²) in [7, 11) is 0. The van der Waals surface area contributed by atoms with Gasteiger partial charge < -0.3 is 10.6 Å². The largest absolute Gasteiger partial charge is 0.352 e. The SMILES string of the molecule is CC(C)c1ccc(CC(=O)NC2CCNC2)cc1. The lowest BCUT2D eigenvalue weighted by atomic mass is 10.0. The van der Waals surface area contributed by atoms with Crippen LogP contribution < -0.4 is 10.6 Å². The standard InChI is InChI=1S/C15H22N2O/c1-11(2)13-5-3-12(4-6-13)9-15(18)17-14-7-8-16-10-14/h3-6,11,14,16H,7-10H2,1-2H3,(H,17,18). The van der Waals surface area contributed by atoms with Crippen molar-refractivity contribution in [2.24, 2.45) is 0 Å². The number of benzene rings is 1. The Hall–Kier alpha value is -1.35. The molecular weight excluding hydrogens is 224 g/mol. The Balaban J connectivity index is 1.86. The van der Waals surface area contributed by atoms with Gasteiger partial charge in [0.25, 0.3) is 0 Å². The van der Waals surface area contributed by atoms with E-state index in [0.717, 1.165) is 25.1 Å². The molecule has 98 valence electrons. The van der Waals surface area contributed by atoms with Crippen LogP contribution in [0, 0.1) is 0 Å². The van der Waals surface area contributed by atoms with Gasteiger partial charge in [-0.2, -0.15) is 0 Å². The minimum absolute atomic E-state index is 0.126. The van der Waals surface area contributed by atoms with Crippen LogP contribution in [0.2, 0.25) is 0 Å². The van der Waals surface area contributed by atoms with E-state index in [1.54, 1.807) is 0 Å². The smallest absolute Gasteiger partial charge is 0.224 e. The second kappa shape index (κ2) is 6.01. The van der Waals surface area contributed by atoms with Crippen molar-refractivity contribution in [3.8, 4) is 0 Å². The molecular formula is C15H22N2O. The van der Waals surface area contributed by atoms with Crippen molar-refractivity contribution in [1.82, 2.24) is 10.6 Å². The zero-order valence-corrected chi connectivity index (χ0v) is 11.2. The molecule has 1 atom stereocenters. The molecule has 0 radical (unpaired) electrons. The average molecular weight is 246 g/mol. The van der Waals surface area contributed by atoms with Crippen LogP contribution in [-0.4, -0.2) is 25.0 Å². The van der Waals surface area contributed by atoms with Crippen LogP contribution >= 0.6 is 0 Å². The first-order valence-corrected chi connectivity index (χ1v) is 6.74. The maximum absolute atomic E-state index is 11.8. The van der Waals surface area contributed by atoms with Gasteiger partial charge >= 0.3 is 0 Å². The molecule has 1 fully saturated rings. The molecule has 3 nitrogen and oxygen atoms in total. The molecule has 2 N–H and O–H groups in total. The number of amides is 1. The first-order chi connectivity index (χ1) is 8.65. The van der Waals surface area contributed by atoms with E-state index >= 15 is 0 Å². The van der Waals surface area contributed by atoms with Gasteiger partial charge in [-0.25, -0.2) is 0 Å². The normalized spacial score (nSPS) is 19.2. The van der Waals surface area contributed by atoms with Crippen LogP contribution in [0.1, 0.15) is 37.3 Å². The van der Waals surface area contributed by atoms with Gasteiger partial charge in [-0.15, -0.1) is 0 Å². The van der Waals surface area contributed by atoms with Crippen LogP contribution in [0.15, 0.2) is 24.3 Å². The number of nitrogens with one attached hydrogen (secondary N) is 2. The third kappa shape index (κ3) is 3.57. The highest BCUT2D eigenvalue weighted by atomic mass is 16.1. The molecule has 1 unspecified atom stereocenters. The van der Waals surface area contributed by atoms with E-state index in [2.05, 4.69) is 48.7 Å². The van der Waals surface area contributed by atoms with E-state index in [1.165, 1.54) is 5.56 Å². The Labute approximate surface area is 109 Å². The number of hydrogen-bond donors (Lipinski definition) is 2. The Kier molecular flexibility index (Phi) is 4.37. The molecule has 0 saturated carbocycles. The quantitative estimate of drug-likeness (QED) is 0.851. The molecule has 1 saturated heterocycles. The fourth-order valence-electron chi connectivity index (χ4n) is 2.26. The summed E-state index contributed by atoms with van der Waals surface area (Å²) in [5, 5.41) is 6.31. The predicted octanol–water partition coefficient (Wildman–Crippen LogP) is 1.83. The van der Waals surface area contributed by atoms with Crippen molar-refractivity contribution in [3.05, 3.63) is 35.4 Å². The maximum Gasteiger partial charge on any atom is 0.224 e. The average Bonchev–Trinajstić information content (AvgIpc) is 2.82. The van der Waals surface area contributed by atoms with Crippen LogP contribution in [0.5, 0.6) is 0 Å². The van der Waals surface area contributed by atoms with E-state index < -0.39 is 0 Å². The van der Waals surface area contributed by atoms with E-state index in [9.17, 15) is 4.79 Å². The highest BCUT2D eigenvalue weighted by Crippen LogP contribution is 2.14. The van der Waals surface area contributed by atoms with Crippen molar-refractivity contribution in [2.75, 3.05) is 13.1 Å². The lowest BCUT2D eigenvalue weighted by Gasteiger charge is -2.11. The predicted molar refractivity (Wildman–Crippen MR) is 73.7 cm³/mol. The topological polar surface area (TPSA) is 41.1 Å². The lowest BCUT2D eigenvalue weighted by molar-refractivity contribution is -0.121. The molecule has 1 heterocycles. The summed E-state index contributed by atoms with van der Waals surface area (Å²) in [6.07, 6.45) is 1.52. The lowest BCUT2D eigenvalue weighted by Crippen LogP contribution is -2.37. The fraction of sp³-hybridized carbons (Fsp3) is 0.533. The summed E-state index contributed by atoms with van der Waals surface area (Å²) >= 11 is 0. The number of rotatable bonds is 4. The zero-order chi connectivity index (χ0) is 13.0. The molecule has 0 aromatic heterocycles. The number of carbonyl (C=O) groups is 1. The molecule has 1 aromatic rings. The Morgan fingerprint density at radius 3 is 2.67 bits per heavy atom. The second-order valence-corrected chi connectivity index (χ2v) is 5.33. The third-order valence-electron chi connectivity index (χ3n) is 3.44. The van der Waals surface area contributed by atoms with Crippen LogP contribution in [0.25, 0.3) is 0 Å². The van der Waals surface area contributed by atoms with Crippen molar-refractivity contribution in [3.63, 3.8) is 0 Å². The van der Waals surface area contributed by atoms with Gasteiger partial charge in [0.1, 0.15) is 0 Å². The molecule has 0 bridgehead atoms. The van der Waals surface area contributed by atoms with Crippen LogP contribution in [-0.2, 0) is 11.2 Å². The van der Waals surface area contributed by atoms with E-state index in [-0.39, 0.29) is 5.91 Å². The summed E-state index contributed by atoms with van der Waals surface area (Å²) in [4.78, 5) is 11.8. The second-order valence-electron chi connectivity index (χ2n) is 5.33. The Morgan fingerprint density at radius 2 is 2.11 bits per heavy atom. The minimum atomic E-state index is 0.126. The van der Waals surface area contributed by atoms with E-state index in [0.29, 0.717) is 18.4 Å². The van der Waals surface area contributed by atoms with Crippen LogP contribution in [0.4, 0.5) is 0 Å². The summed E-state index contributed by atoms with van der Waals surface area (Å²) in [5.41, 5.74) is 2.40. The summed E-state index contributed by atoms with van der Waals surface area (Å²) < 4.78 is 0. The molecule has 1 aliphatic heterocycles. The zero-order valence-electron chi connectivity index (χ0n) is 11.2. The monoisotopic (exact) mass is 246 g/mol. The third-order valence-corrected chi connectivity index (χ3v) is 3.44. The van der Waals surface area contributed by atoms with Crippen molar-refractivity contribution in [1.29, 1.82) is 0 Å². The minimum Gasteiger partial charge on any atom is -0.352 e. The van der Waals surface area contributed by atoms with E-state index in [4.69, 9.17) is 0 Å². The summed E-state index contributed by atoms with van der Waals surface area (Å²) in [5.74, 6) is 0.665. The molecule has 1 amide bonds. The van der Waals surface area contributed by atoms with Crippen molar-refractivity contribution >= 4 is 5.91 Å². The summed E-state index contributed by atoms with van der Waals surface area (Å²) in [6, 6.07) is 8.66. The highest BCUT2D eigenvalue weighted by molar-refractivity contribution is 5.78. The van der Waals surface area contributed by atoms with Gasteiger partial charge in [0, 0.05) is 12.6 Å². The van der Waals surface area contributed by atoms with Crippen molar-refractivity contribution in [2.45, 2.75) is 38.6 Å². The molecule has 0 aliphatic carbocycles. The van der Waals surface area contributed by atoms with Gasteiger partial charge in [0.05, 0.1) is 6.42 Å².